The van der Waals surface area contributed by atoms with Gasteiger partial charge in [0.05, 0.1) is 5.69 Å². The van der Waals surface area contributed by atoms with Crippen molar-refractivity contribution >= 4 is 11.8 Å². The first-order valence-electron chi connectivity index (χ1n) is 8.38. The van der Waals surface area contributed by atoms with Gasteiger partial charge >= 0.3 is 5.69 Å². The average molecular weight is 358 g/mol. The number of aromatic nitrogens is 4. The van der Waals surface area contributed by atoms with Crippen LogP contribution in [0, 0.1) is 13.8 Å². The van der Waals surface area contributed by atoms with Crippen LogP contribution in [-0.2, 0) is 12.3 Å². The Morgan fingerprint density at radius 1 is 1.32 bits per heavy atom. The Bertz CT molecular complexity index is 910. The Kier molecular flexibility index (Phi) is 5.43. The molecule has 0 aliphatic rings. The minimum Gasteiger partial charge on any atom is -0.444 e. The molecule has 0 spiro atoms. The third-order valence-electron chi connectivity index (χ3n) is 3.97. The molecule has 25 heavy (non-hydrogen) atoms. The summed E-state index contributed by atoms with van der Waals surface area (Å²) in [7, 11) is 0. The molecule has 0 radical (unpaired) electrons. The van der Waals surface area contributed by atoms with E-state index in [0.29, 0.717) is 23.3 Å². The van der Waals surface area contributed by atoms with Gasteiger partial charge in [-0.25, -0.2) is 14.9 Å². The van der Waals surface area contributed by atoms with E-state index >= 15 is 0 Å². The van der Waals surface area contributed by atoms with E-state index in [1.165, 1.54) is 17.3 Å². The Morgan fingerprint density at radius 2 is 2.16 bits per heavy atom. The van der Waals surface area contributed by atoms with Crippen molar-refractivity contribution in [1.82, 2.24) is 19.7 Å². The van der Waals surface area contributed by atoms with Gasteiger partial charge in [-0.3, -0.25) is 4.57 Å². The number of oxazole rings is 1. The molecular weight excluding hydrogens is 336 g/mol. The highest BCUT2D eigenvalue weighted by Gasteiger charge is 2.12. The molecule has 1 N–H and O–H groups in total. The first kappa shape index (κ1) is 17.5. The van der Waals surface area contributed by atoms with Crippen LogP contribution in [0.15, 0.2) is 38.8 Å². The van der Waals surface area contributed by atoms with Crippen molar-refractivity contribution in [3.05, 3.63) is 51.8 Å². The lowest BCUT2D eigenvalue weighted by Crippen LogP contribution is -2.17. The van der Waals surface area contributed by atoms with Gasteiger partial charge in [-0.15, -0.1) is 5.10 Å². The van der Waals surface area contributed by atoms with E-state index in [-0.39, 0.29) is 5.69 Å². The molecule has 2 heterocycles. The number of H-pyrrole nitrogens is 1. The lowest BCUT2D eigenvalue weighted by molar-refractivity contribution is 0.571. The van der Waals surface area contributed by atoms with E-state index in [4.69, 9.17) is 4.42 Å². The Balaban J connectivity index is 1.71. The lowest BCUT2D eigenvalue weighted by atomic mass is 10.1. The molecular formula is C18H22N4O2S. The third kappa shape index (κ3) is 4.04. The first-order chi connectivity index (χ1) is 12.1. The van der Waals surface area contributed by atoms with Crippen LogP contribution in [0.2, 0.25) is 0 Å². The van der Waals surface area contributed by atoms with Crippen LogP contribution in [0.5, 0.6) is 0 Å². The van der Waals surface area contributed by atoms with Crippen LogP contribution in [0.1, 0.15) is 36.6 Å². The van der Waals surface area contributed by atoms with Gasteiger partial charge in [0.25, 0.3) is 0 Å². The highest BCUT2D eigenvalue weighted by atomic mass is 32.2. The molecule has 0 unspecified atom stereocenters. The first-order valence-corrected chi connectivity index (χ1v) is 9.37. The zero-order valence-corrected chi connectivity index (χ0v) is 15.5. The zero-order chi connectivity index (χ0) is 17.8. The van der Waals surface area contributed by atoms with Gasteiger partial charge in [0.15, 0.2) is 5.16 Å². The topological polar surface area (TPSA) is 76.7 Å². The van der Waals surface area contributed by atoms with Crippen molar-refractivity contribution in [3.8, 4) is 11.5 Å². The highest BCUT2D eigenvalue weighted by molar-refractivity contribution is 7.98. The highest BCUT2D eigenvalue weighted by Crippen LogP contribution is 2.26. The number of rotatable bonds is 7. The quantitative estimate of drug-likeness (QED) is 0.648. The molecule has 0 saturated heterocycles. The summed E-state index contributed by atoms with van der Waals surface area (Å²) in [5.74, 6) is 1.23. The van der Waals surface area contributed by atoms with Crippen molar-refractivity contribution in [3.63, 3.8) is 0 Å². The van der Waals surface area contributed by atoms with E-state index in [1.54, 1.807) is 10.8 Å². The minimum absolute atomic E-state index is 0.160. The van der Waals surface area contributed by atoms with Gasteiger partial charge in [0, 0.05) is 17.9 Å². The predicted octanol–water partition coefficient (Wildman–Crippen LogP) is 3.94. The fourth-order valence-electron chi connectivity index (χ4n) is 2.62. The summed E-state index contributed by atoms with van der Waals surface area (Å²) in [5.41, 5.74) is 4.03. The van der Waals surface area contributed by atoms with Crippen LogP contribution in [0.3, 0.4) is 0 Å². The summed E-state index contributed by atoms with van der Waals surface area (Å²) in [6, 6.07) is 6.20. The molecule has 0 fully saturated rings. The number of hydrogen-bond acceptors (Lipinski definition) is 5. The number of unbranched alkanes of at least 4 members (excludes halogenated alkanes) is 1. The second-order valence-electron chi connectivity index (χ2n) is 6.07. The number of thioether (sulfide) groups is 1. The molecule has 3 aromatic rings. The van der Waals surface area contributed by atoms with Crippen LogP contribution in [0.4, 0.5) is 0 Å². The minimum atomic E-state index is -0.160. The summed E-state index contributed by atoms with van der Waals surface area (Å²) in [5, 5.41) is 7.31. The fraction of sp³-hybridized carbons (Fsp3) is 0.389. The third-order valence-corrected chi connectivity index (χ3v) is 4.98. The molecule has 0 bridgehead atoms. The van der Waals surface area contributed by atoms with Crippen molar-refractivity contribution in [2.24, 2.45) is 0 Å². The van der Waals surface area contributed by atoms with Crippen molar-refractivity contribution in [1.29, 1.82) is 0 Å². The molecule has 0 aliphatic heterocycles. The number of nitrogens with zero attached hydrogens (tertiary/aromatic N) is 3. The van der Waals surface area contributed by atoms with Gasteiger partial charge in [-0.2, -0.15) is 0 Å². The molecule has 3 rings (SSSR count). The van der Waals surface area contributed by atoms with Crippen molar-refractivity contribution < 1.29 is 4.42 Å². The molecule has 2 aromatic heterocycles. The van der Waals surface area contributed by atoms with E-state index in [9.17, 15) is 4.79 Å². The summed E-state index contributed by atoms with van der Waals surface area (Å²) >= 11 is 1.48. The maximum Gasteiger partial charge on any atom is 0.343 e. The zero-order valence-electron chi connectivity index (χ0n) is 14.7. The monoisotopic (exact) mass is 358 g/mol. The normalized spacial score (nSPS) is 11.2. The van der Waals surface area contributed by atoms with Gasteiger partial charge in [-0.05, 0) is 31.9 Å². The number of aryl methyl sites for hydroxylation is 2. The second kappa shape index (κ2) is 7.74. The van der Waals surface area contributed by atoms with Crippen LogP contribution >= 0.6 is 11.8 Å². The number of nitrogens with one attached hydrogen (secondary N) is 1. The Morgan fingerprint density at radius 3 is 2.92 bits per heavy atom. The van der Waals surface area contributed by atoms with Crippen LogP contribution < -0.4 is 5.69 Å². The van der Waals surface area contributed by atoms with E-state index in [2.05, 4.69) is 48.1 Å². The maximum absolute atomic E-state index is 11.8. The molecule has 1 aromatic carbocycles. The number of aromatic amines is 1. The predicted molar refractivity (Wildman–Crippen MR) is 98.7 cm³/mol. The molecule has 0 aliphatic carbocycles. The summed E-state index contributed by atoms with van der Waals surface area (Å²) in [6.07, 6.45) is 3.65. The molecule has 0 atom stereocenters. The van der Waals surface area contributed by atoms with E-state index in [0.717, 1.165) is 29.7 Å². The SMILES string of the molecule is CCCCn1c(SCc2coc(-c3ccc(C)cc3C)n2)n[nH]c1=O. The maximum atomic E-state index is 11.8. The van der Waals surface area contributed by atoms with Gasteiger partial charge in [0.1, 0.15) is 6.26 Å². The molecule has 0 saturated carbocycles. The van der Waals surface area contributed by atoms with Crippen LogP contribution in [0.25, 0.3) is 11.5 Å². The standard InChI is InChI=1S/C18H22N4O2S/c1-4-5-8-22-17(23)20-21-18(22)25-11-14-10-24-16(19-14)15-7-6-12(2)9-13(15)3/h6-7,9-10H,4-5,8,11H2,1-3H3,(H,20,23). The van der Waals surface area contributed by atoms with E-state index in [1.807, 2.05) is 6.07 Å². The molecule has 132 valence electrons. The Labute approximate surface area is 150 Å². The molecule has 7 heteroatoms. The van der Waals surface area contributed by atoms with Crippen molar-refractivity contribution in [2.45, 2.75) is 51.1 Å². The molecule has 6 nitrogen and oxygen atoms in total. The van der Waals surface area contributed by atoms with Crippen LogP contribution in [-0.4, -0.2) is 19.7 Å². The summed E-state index contributed by atoms with van der Waals surface area (Å²) in [4.78, 5) is 16.4. The smallest absolute Gasteiger partial charge is 0.343 e. The second-order valence-corrected chi connectivity index (χ2v) is 7.01. The van der Waals surface area contributed by atoms with Gasteiger partial charge < -0.3 is 4.42 Å². The number of hydrogen-bond donors (Lipinski definition) is 1. The van der Waals surface area contributed by atoms with Crippen molar-refractivity contribution in [2.75, 3.05) is 0 Å². The summed E-state index contributed by atoms with van der Waals surface area (Å²) in [6.45, 7) is 6.90. The molecule has 0 amide bonds. The summed E-state index contributed by atoms with van der Waals surface area (Å²) < 4.78 is 7.32. The lowest BCUT2D eigenvalue weighted by Gasteiger charge is -2.03. The van der Waals surface area contributed by atoms with Gasteiger partial charge in [-0.1, -0.05) is 42.8 Å². The van der Waals surface area contributed by atoms with Gasteiger partial charge in [0.2, 0.25) is 5.89 Å². The average Bonchev–Trinajstić information content (AvgIpc) is 3.18. The Hall–Kier alpha value is -2.28. The number of benzene rings is 1. The largest absolute Gasteiger partial charge is 0.444 e. The van der Waals surface area contributed by atoms with E-state index < -0.39 is 0 Å². The fourth-order valence-corrected chi connectivity index (χ4v) is 3.47.